The standard InChI is InChI=1S/C33H38O6/c1-5-13-24(14-6-1)21-34-30-29-28(23-36-32(39-29)26-17-9-3-10-18-26)38-33(37-27-19-11-4-12-20-27)31(30)35-22-25-15-7-2-8-16-25/h1-3,5-10,13-18,27-33H,4,11-12,19-23H2/t28-,29-,30+,31+,32?,33-/m1/s1. The number of fused-ring (bicyclic) bond motifs is 1. The highest BCUT2D eigenvalue weighted by molar-refractivity contribution is 5.17. The average Bonchev–Trinajstić information content (AvgIpc) is 3.01. The van der Waals surface area contributed by atoms with Gasteiger partial charge in [-0.25, -0.2) is 0 Å². The Morgan fingerprint density at radius 3 is 1.87 bits per heavy atom. The lowest BCUT2D eigenvalue weighted by molar-refractivity contribution is -0.377. The summed E-state index contributed by atoms with van der Waals surface area (Å²) < 4.78 is 39.3. The molecule has 39 heavy (non-hydrogen) atoms. The van der Waals surface area contributed by atoms with Gasteiger partial charge < -0.3 is 28.4 Å². The summed E-state index contributed by atoms with van der Waals surface area (Å²) in [6.45, 7) is 1.27. The van der Waals surface area contributed by atoms with E-state index in [0.717, 1.165) is 29.5 Å². The molecule has 3 fully saturated rings. The van der Waals surface area contributed by atoms with Crippen LogP contribution in [0.25, 0.3) is 0 Å². The Bertz CT molecular complexity index is 1120. The van der Waals surface area contributed by atoms with Crippen molar-refractivity contribution in [2.75, 3.05) is 6.61 Å². The number of benzene rings is 3. The highest BCUT2D eigenvalue weighted by atomic mass is 16.8. The van der Waals surface area contributed by atoms with E-state index in [4.69, 9.17) is 28.4 Å². The molecule has 6 rings (SSSR count). The third kappa shape index (κ3) is 6.77. The van der Waals surface area contributed by atoms with Gasteiger partial charge in [-0.1, -0.05) is 110 Å². The number of hydrogen-bond acceptors (Lipinski definition) is 6. The fourth-order valence-corrected chi connectivity index (χ4v) is 5.73. The van der Waals surface area contributed by atoms with Gasteiger partial charge in [0.15, 0.2) is 12.6 Å². The lowest BCUT2D eigenvalue weighted by atomic mass is 9.95. The maximum Gasteiger partial charge on any atom is 0.187 e. The van der Waals surface area contributed by atoms with Gasteiger partial charge in [-0.3, -0.25) is 0 Å². The van der Waals surface area contributed by atoms with Crippen LogP contribution in [0.1, 0.15) is 55.1 Å². The molecule has 2 saturated heterocycles. The van der Waals surface area contributed by atoms with Crippen LogP contribution in [0.4, 0.5) is 0 Å². The maximum atomic E-state index is 6.68. The smallest absolute Gasteiger partial charge is 0.187 e. The highest BCUT2D eigenvalue weighted by Crippen LogP contribution is 2.38. The molecule has 3 aromatic carbocycles. The molecule has 206 valence electrons. The van der Waals surface area contributed by atoms with Gasteiger partial charge in [0.25, 0.3) is 0 Å². The monoisotopic (exact) mass is 530 g/mol. The molecule has 6 heteroatoms. The Morgan fingerprint density at radius 2 is 1.23 bits per heavy atom. The van der Waals surface area contributed by atoms with Gasteiger partial charge in [0, 0.05) is 5.56 Å². The van der Waals surface area contributed by atoms with Crippen LogP contribution in [-0.2, 0) is 41.6 Å². The van der Waals surface area contributed by atoms with Crippen molar-refractivity contribution in [1.82, 2.24) is 0 Å². The Morgan fingerprint density at radius 1 is 0.641 bits per heavy atom. The van der Waals surface area contributed by atoms with Crippen LogP contribution in [0.15, 0.2) is 91.0 Å². The van der Waals surface area contributed by atoms with Crippen molar-refractivity contribution in [2.24, 2.45) is 0 Å². The minimum absolute atomic E-state index is 0.153. The normalized spacial score (nSPS) is 29.5. The van der Waals surface area contributed by atoms with Gasteiger partial charge in [0.1, 0.15) is 24.4 Å². The van der Waals surface area contributed by atoms with E-state index in [9.17, 15) is 0 Å². The zero-order valence-corrected chi connectivity index (χ0v) is 22.3. The van der Waals surface area contributed by atoms with Crippen molar-refractivity contribution >= 4 is 0 Å². The van der Waals surface area contributed by atoms with Crippen LogP contribution in [0.2, 0.25) is 0 Å². The van der Waals surface area contributed by atoms with E-state index in [0.29, 0.717) is 19.8 Å². The molecule has 1 saturated carbocycles. The van der Waals surface area contributed by atoms with E-state index in [-0.39, 0.29) is 18.3 Å². The molecular formula is C33H38O6. The fraction of sp³-hybridized carbons (Fsp3) is 0.455. The van der Waals surface area contributed by atoms with E-state index in [1.165, 1.54) is 19.3 Å². The van der Waals surface area contributed by atoms with Crippen LogP contribution >= 0.6 is 0 Å². The zero-order chi connectivity index (χ0) is 26.3. The second-order valence-corrected chi connectivity index (χ2v) is 10.6. The summed E-state index contributed by atoms with van der Waals surface area (Å²) in [5.41, 5.74) is 3.16. The molecule has 0 radical (unpaired) electrons. The summed E-state index contributed by atoms with van der Waals surface area (Å²) in [4.78, 5) is 0. The molecule has 1 unspecified atom stereocenters. The molecule has 2 heterocycles. The molecule has 0 N–H and O–H groups in total. The Hall–Kier alpha value is -2.58. The summed E-state index contributed by atoms with van der Waals surface area (Å²) in [5, 5.41) is 0. The molecule has 0 amide bonds. The van der Waals surface area contributed by atoms with E-state index in [1.807, 2.05) is 66.7 Å². The van der Waals surface area contributed by atoms with Gasteiger partial charge in [0.2, 0.25) is 0 Å². The second-order valence-electron chi connectivity index (χ2n) is 10.6. The number of rotatable bonds is 9. The quantitative estimate of drug-likeness (QED) is 0.322. The van der Waals surface area contributed by atoms with Crippen molar-refractivity contribution in [1.29, 1.82) is 0 Å². The van der Waals surface area contributed by atoms with Crippen molar-refractivity contribution < 1.29 is 28.4 Å². The third-order valence-electron chi connectivity index (χ3n) is 7.80. The summed E-state index contributed by atoms with van der Waals surface area (Å²) in [6.07, 6.45) is 3.21. The highest BCUT2D eigenvalue weighted by Gasteiger charge is 2.52. The summed E-state index contributed by atoms with van der Waals surface area (Å²) in [7, 11) is 0. The van der Waals surface area contributed by atoms with E-state index in [1.54, 1.807) is 0 Å². The fourth-order valence-electron chi connectivity index (χ4n) is 5.73. The van der Waals surface area contributed by atoms with Crippen LogP contribution < -0.4 is 0 Å². The number of ether oxygens (including phenoxy) is 6. The maximum absolute atomic E-state index is 6.68. The SMILES string of the molecule is c1ccc(CO[C@@H]2[C@H](OCc3ccccc3)[C@H](OC3CCCCC3)O[C@@H]3COC(c4ccccc4)O[C@@H]23)cc1. The second kappa shape index (κ2) is 13.2. The molecule has 3 aliphatic rings. The number of hydrogen-bond donors (Lipinski definition) is 0. The minimum Gasteiger partial charge on any atom is -0.368 e. The molecular weight excluding hydrogens is 492 g/mol. The van der Waals surface area contributed by atoms with Gasteiger partial charge in [-0.05, 0) is 24.0 Å². The molecule has 0 spiro atoms. The lowest BCUT2D eigenvalue weighted by Crippen LogP contribution is -2.64. The Labute approximate surface area is 231 Å². The van der Waals surface area contributed by atoms with Crippen LogP contribution in [-0.4, -0.2) is 43.4 Å². The van der Waals surface area contributed by atoms with Crippen LogP contribution in [0.3, 0.4) is 0 Å². The predicted octanol–water partition coefficient (Wildman–Crippen LogP) is 6.35. The van der Waals surface area contributed by atoms with E-state index in [2.05, 4.69) is 24.3 Å². The summed E-state index contributed by atoms with van der Waals surface area (Å²) >= 11 is 0. The molecule has 2 aliphatic heterocycles. The topological polar surface area (TPSA) is 55.4 Å². The van der Waals surface area contributed by atoms with E-state index < -0.39 is 24.8 Å². The van der Waals surface area contributed by atoms with Gasteiger partial charge in [-0.15, -0.1) is 0 Å². The predicted molar refractivity (Wildman–Crippen MR) is 147 cm³/mol. The molecule has 0 bridgehead atoms. The van der Waals surface area contributed by atoms with E-state index >= 15 is 0 Å². The van der Waals surface area contributed by atoms with Gasteiger partial charge in [-0.2, -0.15) is 0 Å². The zero-order valence-electron chi connectivity index (χ0n) is 22.3. The largest absolute Gasteiger partial charge is 0.368 e. The van der Waals surface area contributed by atoms with Gasteiger partial charge in [0.05, 0.1) is 25.9 Å². The van der Waals surface area contributed by atoms with Crippen molar-refractivity contribution in [3.05, 3.63) is 108 Å². The Balaban J connectivity index is 1.27. The molecule has 0 aromatic heterocycles. The van der Waals surface area contributed by atoms with Crippen molar-refractivity contribution in [2.45, 2.75) is 88.4 Å². The molecule has 6 nitrogen and oxygen atoms in total. The third-order valence-corrected chi connectivity index (χ3v) is 7.80. The molecule has 1 aliphatic carbocycles. The lowest BCUT2D eigenvalue weighted by Gasteiger charge is -2.49. The van der Waals surface area contributed by atoms with Crippen LogP contribution in [0.5, 0.6) is 0 Å². The Kier molecular flexibility index (Phi) is 9.00. The molecule has 3 aromatic rings. The van der Waals surface area contributed by atoms with Crippen molar-refractivity contribution in [3.8, 4) is 0 Å². The average molecular weight is 531 g/mol. The summed E-state index contributed by atoms with van der Waals surface area (Å²) in [5.74, 6) is 0. The summed E-state index contributed by atoms with van der Waals surface area (Å²) in [6, 6.07) is 30.4. The van der Waals surface area contributed by atoms with Crippen LogP contribution in [0, 0.1) is 0 Å². The first-order valence-electron chi connectivity index (χ1n) is 14.3. The first-order valence-corrected chi connectivity index (χ1v) is 14.3. The minimum atomic E-state index is -0.570. The van der Waals surface area contributed by atoms with Crippen molar-refractivity contribution in [3.63, 3.8) is 0 Å². The first kappa shape index (κ1) is 26.6. The van der Waals surface area contributed by atoms with Gasteiger partial charge >= 0.3 is 0 Å². The molecule has 6 atom stereocenters. The first-order chi connectivity index (χ1) is 19.3.